The number of nitrogens with zero attached hydrogens (tertiary/aromatic N) is 2. The average molecular weight is 571 g/mol. The minimum Gasteiger partial charge on any atom is -0.493 e. The number of carbonyl (C=O) groups excluding carboxylic acids is 2. The summed E-state index contributed by atoms with van der Waals surface area (Å²) in [6.45, 7) is 4.99. The van der Waals surface area contributed by atoms with E-state index < -0.39 is 18.0 Å². The van der Waals surface area contributed by atoms with Crippen molar-refractivity contribution in [3.63, 3.8) is 0 Å². The van der Waals surface area contributed by atoms with Gasteiger partial charge in [-0.05, 0) is 62.2 Å². The molecule has 0 fully saturated rings. The number of hydrogen-bond donors (Lipinski definition) is 0. The Bertz CT molecular complexity index is 1620. The van der Waals surface area contributed by atoms with Crippen molar-refractivity contribution in [2.45, 2.75) is 32.9 Å². The predicted molar refractivity (Wildman–Crippen MR) is 147 cm³/mol. The number of allylic oxidation sites excluding steroid dienone is 1. The summed E-state index contributed by atoms with van der Waals surface area (Å²) in [5.74, 6) is -0.320. The molecule has 2 aromatic carbocycles. The maximum atomic E-state index is 13.8. The van der Waals surface area contributed by atoms with Gasteiger partial charge >= 0.3 is 11.9 Å². The van der Waals surface area contributed by atoms with Crippen molar-refractivity contribution < 1.29 is 28.5 Å². The highest BCUT2D eigenvalue weighted by Crippen LogP contribution is 2.32. The minimum absolute atomic E-state index is 0.267. The lowest BCUT2D eigenvalue weighted by Crippen LogP contribution is -2.40. The van der Waals surface area contributed by atoms with E-state index in [-0.39, 0.29) is 18.3 Å². The Morgan fingerprint density at radius 1 is 1.13 bits per heavy atom. The van der Waals surface area contributed by atoms with Crippen LogP contribution >= 0.6 is 22.9 Å². The Morgan fingerprint density at radius 2 is 1.85 bits per heavy atom. The van der Waals surface area contributed by atoms with Crippen LogP contribution in [0.25, 0.3) is 6.08 Å². The third-order valence-corrected chi connectivity index (χ3v) is 7.06. The second kappa shape index (κ2) is 11.9. The van der Waals surface area contributed by atoms with E-state index in [1.165, 1.54) is 30.1 Å². The van der Waals surface area contributed by atoms with Gasteiger partial charge in [0, 0.05) is 5.02 Å². The van der Waals surface area contributed by atoms with Crippen molar-refractivity contribution >= 4 is 41.0 Å². The van der Waals surface area contributed by atoms with Crippen molar-refractivity contribution in [2.75, 3.05) is 20.8 Å². The summed E-state index contributed by atoms with van der Waals surface area (Å²) in [7, 11) is 2.75. The maximum absolute atomic E-state index is 13.8. The number of halogens is 1. The summed E-state index contributed by atoms with van der Waals surface area (Å²) in [4.78, 5) is 43.4. The van der Waals surface area contributed by atoms with Crippen LogP contribution in [0, 0.1) is 0 Å². The van der Waals surface area contributed by atoms with Crippen LogP contribution in [0.5, 0.6) is 11.5 Å². The van der Waals surface area contributed by atoms with Crippen molar-refractivity contribution in [2.24, 2.45) is 4.99 Å². The number of thiazole rings is 1. The molecule has 11 heteroatoms. The van der Waals surface area contributed by atoms with Crippen molar-refractivity contribution in [3.8, 4) is 11.5 Å². The largest absolute Gasteiger partial charge is 0.493 e. The van der Waals surface area contributed by atoms with Crippen LogP contribution in [0.4, 0.5) is 0 Å². The molecule has 0 N–H and O–H groups in total. The lowest BCUT2D eigenvalue weighted by Gasteiger charge is -2.25. The lowest BCUT2D eigenvalue weighted by atomic mass is 9.96. The summed E-state index contributed by atoms with van der Waals surface area (Å²) < 4.78 is 22.9. The van der Waals surface area contributed by atoms with Crippen molar-refractivity contribution in [1.29, 1.82) is 0 Å². The van der Waals surface area contributed by atoms with Gasteiger partial charge in [0.2, 0.25) is 0 Å². The first-order valence-corrected chi connectivity index (χ1v) is 13.2. The highest BCUT2D eigenvalue weighted by Gasteiger charge is 2.33. The molecule has 1 atom stereocenters. The topological polar surface area (TPSA) is 105 Å². The van der Waals surface area contributed by atoms with Crippen molar-refractivity contribution in [1.82, 2.24) is 4.57 Å². The molecular weight excluding hydrogens is 544 g/mol. The van der Waals surface area contributed by atoms with Gasteiger partial charge in [0.25, 0.3) is 5.56 Å². The zero-order valence-corrected chi connectivity index (χ0v) is 23.6. The lowest BCUT2D eigenvalue weighted by molar-refractivity contribution is -0.144. The summed E-state index contributed by atoms with van der Waals surface area (Å²) in [6.07, 6.45) is 1.36. The molecule has 1 unspecified atom stereocenters. The third kappa shape index (κ3) is 6.07. The van der Waals surface area contributed by atoms with Gasteiger partial charge in [-0.15, -0.1) is 0 Å². The first-order chi connectivity index (χ1) is 18.6. The average Bonchev–Trinajstić information content (AvgIpc) is 3.20. The van der Waals surface area contributed by atoms with Crippen LogP contribution in [0.1, 0.15) is 37.9 Å². The number of methoxy groups -OCH3 is 2. The Labute approximate surface area is 233 Å². The van der Waals surface area contributed by atoms with E-state index >= 15 is 0 Å². The molecule has 9 nitrogen and oxygen atoms in total. The smallest absolute Gasteiger partial charge is 0.343 e. The van der Waals surface area contributed by atoms with Gasteiger partial charge in [-0.3, -0.25) is 9.36 Å². The highest BCUT2D eigenvalue weighted by molar-refractivity contribution is 7.07. The molecule has 0 bridgehead atoms. The number of ether oxygens (including phenoxy) is 4. The van der Waals surface area contributed by atoms with E-state index in [1.54, 1.807) is 69.3 Å². The van der Waals surface area contributed by atoms with Gasteiger partial charge in [0.1, 0.15) is 0 Å². The predicted octanol–water partition coefficient (Wildman–Crippen LogP) is 3.40. The molecule has 39 heavy (non-hydrogen) atoms. The van der Waals surface area contributed by atoms with Crippen LogP contribution in [-0.2, 0) is 19.1 Å². The molecule has 0 radical (unpaired) electrons. The fourth-order valence-electron chi connectivity index (χ4n) is 4.06. The molecule has 0 aliphatic carbocycles. The number of fused-ring (bicyclic) bond motifs is 1. The van der Waals surface area contributed by atoms with Crippen molar-refractivity contribution in [3.05, 3.63) is 89.6 Å². The monoisotopic (exact) mass is 570 g/mol. The molecule has 1 aliphatic heterocycles. The number of esters is 2. The SMILES string of the molecule is COC(=O)COc1ccc(C=c2sc3n(c2=O)C(c2ccc(Cl)cc2)C(C(=O)OC(C)C)=C(C)N=3)cc1OC. The number of aromatic nitrogens is 1. The van der Waals surface area contributed by atoms with Gasteiger partial charge < -0.3 is 18.9 Å². The van der Waals surface area contributed by atoms with E-state index in [0.29, 0.717) is 48.3 Å². The summed E-state index contributed by atoms with van der Waals surface area (Å²) in [6, 6.07) is 11.3. The number of carbonyl (C=O) groups is 2. The zero-order valence-electron chi connectivity index (χ0n) is 22.0. The summed E-state index contributed by atoms with van der Waals surface area (Å²) in [5.41, 5.74) is 1.82. The Balaban J connectivity index is 1.82. The molecule has 1 aliphatic rings. The molecule has 3 aromatic rings. The molecule has 1 aromatic heterocycles. The summed E-state index contributed by atoms with van der Waals surface area (Å²) >= 11 is 7.32. The Kier molecular flexibility index (Phi) is 8.57. The third-order valence-electron chi connectivity index (χ3n) is 5.83. The maximum Gasteiger partial charge on any atom is 0.343 e. The van der Waals surface area contributed by atoms with E-state index in [9.17, 15) is 14.4 Å². The number of benzene rings is 2. The highest BCUT2D eigenvalue weighted by atomic mass is 35.5. The molecule has 0 amide bonds. The first-order valence-electron chi connectivity index (χ1n) is 12.0. The number of rotatable bonds is 8. The second-order valence-electron chi connectivity index (χ2n) is 8.86. The van der Waals surface area contributed by atoms with Gasteiger partial charge in [-0.2, -0.15) is 0 Å². The van der Waals surface area contributed by atoms with Gasteiger partial charge in [-0.1, -0.05) is 41.1 Å². The standard InChI is InChI=1S/C28H27ClN2O7S/c1-15(2)38-27(34)24-16(3)30-28-31(25(24)18-7-9-19(29)10-8-18)26(33)22(39-28)13-17-6-11-20(21(12-17)35-4)37-14-23(32)36-5/h6-13,15,25H,14H2,1-5H3. The van der Waals surface area contributed by atoms with E-state index in [0.717, 1.165) is 0 Å². The molecule has 0 spiro atoms. The molecule has 2 heterocycles. The van der Waals surface area contributed by atoms with Gasteiger partial charge in [0.15, 0.2) is 22.9 Å². The Morgan fingerprint density at radius 3 is 2.49 bits per heavy atom. The van der Waals surface area contributed by atoms with E-state index in [1.807, 2.05) is 0 Å². The van der Waals surface area contributed by atoms with Crippen LogP contribution in [0.2, 0.25) is 5.02 Å². The molecule has 0 saturated heterocycles. The summed E-state index contributed by atoms with van der Waals surface area (Å²) in [5, 5.41) is 0.533. The number of hydrogen-bond acceptors (Lipinski definition) is 9. The minimum atomic E-state index is -0.740. The Hall–Kier alpha value is -3.89. The van der Waals surface area contributed by atoms with Crippen LogP contribution in [-0.4, -0.2) is 43.4 Å². The fraction of sp³-hybridized carbons (Fsp3) is 0.286. The molecule has 0 saturated carbocycles. The zero-order chi connectivity index (χ0) is 28.3. The van der Waals surface area contributed by atoms with Gasteiger partial charge in [-0.25, -0.2) is 14.6 Å². The molecular formula is C28H27ClN2O7S. The normalized spacial score (nSPS) is 15.1. The van der Waals surface area contributed by atoms with Crippen LogP contribution in [0.15, 0.2) is 63.5 Å². The quantitative estimate of drug-likeness (QED) is 0.382. The fourth-order valence-corrected chi connectivity index (χ4v) is 5.23. The molecule has 4 rings (SSSR count). The van der Waals surface area contributed by atoms with E-state index in [4.69, 9.17) is 25.8 Å². The second-order valence-corrected chi connectivity index (χ2v) is 10.3. The molecule has 204 valence electrons. The van der Waals surface area contributed by atoms with Gasteiger partial charge in [0.05, 0.1) is 42.2 Å². The van der Waals surface area contributed by atoms with Crippen LogP contribution < -0.4 is 24.4 Å². The first kappa shape index (κ1) is 28.1. The van der Waals surface area contributed by atoms with E-state index in [2.05, 4.69) is 9.73 Å². The van der Waals surface area contributed by atoms with Crippen LogP contribution in [0.3, 0.4) is 0 Å².